The lowest BCUT2D eigenvalue weighted by molar-refractivity contribution is 0.177. The van der Waals surface area contributed by atoms with E-state index in [9.17, 15) is 13.2 Å². The molecule has 0 heterocycles. The predicted octanol–water partition coefficient (Wildman–Crippen LogP) is 0.728. The second-order valence-corrected chi connectivity index (χ2v) is 5.50. The van der Waals surface area contributed by atoms with Crippen molar-refractivity contribution in [3.8, 4) is 0 Å². The summed E-state index contributed by atoms with van der Waals surface area (Å²) in [6.07, 6.45) is 2.19. The Labute approximate surface area is 99.9 Å². The zero-order chi connectivity index (χ0) is 12.2. The number of carbonyl (C=O) groups excluding carboxylic acids is 1. The summed E-state index contributed by atoms with van der Waals surface area (Å²) in [7, 11) is -2.81. The lowest BCUT2D eigenvalue weighted by atomic mass is 10.0. The maximum Gasteiger partial charge on any atom is 0.421 e. The van der Waals surface area contributed by atoms with Gasteiger partial charge in [-0.15, -0.1) is 11.6 Å². The number of rotatable bonds is 4. The van der Waals surface area contributed by atoms with E-state index in [4.69, 9.17) is 11.6 Å². The number of carbonyl (C=O) groups is 1. The normalized spacial score (nSPS) is 19.4. The highest BCUT2D eigenvalue weighted by atomic mass is 35.5. The van der Waals surface area contributed by atoms with Gasteiger partial charge >= 0.3 is 16.3 Å². The molecule has 0 saturated heterocycles. The highest BCUT2D eigenvalue weighted by Gasteiger charge is 2.37. The van der Waals surface area contributed by atoms with Crippen LogP contribution < -0.4 is 9.44 Å². The van der Waals surface area contributed by atoms with Crippen molar-refractivity contribution in [1.82, 2.24) is 9.44 Å². The summed E-state index contributed by atoms with van der Waals surface area (Å²) >= 11 is 5.77. The minimum absolute atomic E-state index is 0.190. The van der Waals surface area contributed by atoms with Crippen LogP contribution >= 0.6 is 11.6 Å². The first-order valence-corrected chi connectivity index (χ1v) is 6.90. The fourth-order valence-corrected chi connectivity index (χ4v) is 3.39. The molecule has 2 N–H and O–H groups in total. The maximum absolute atomic E-state index is 11.5. The minimum atomic E-state index is -3.91. The van der Waals surface area contributed by atoms with Crippen LogP contribution in [0.3, 0.4) is 0 Å². The highest BCUT2D eigenvalue weighted by Crippen LogP contribution is 2.31. The summed E-state index contributed by atoms with van der Waals surface area (Å²) < 4.78 is 31.4. The largest absolute Gasteiger partial charge is 0.452 e. The number of hydrogen-bond acceptors (Lipinski definition) is 4. The lowest BCUT2D eigenvalue weighted by Crippen LogP contribution is -2.53. The zero-order valence-electron chi connectivity index (χ0n) is 8.95. The van der Waals surface area contributed by atoms with E-state index in [1.165, 1.54) is 0 Å². The molecule has 0 aromatic rings. The van der Waals surface area contributed by atoms with Gasteiger partial charge in [-0.1, -0.05) is 12.8 Å². The van der Waals surface area contributed by atoms with Crippen molar-refractivity contribution in [2.24, 2.45) is 0 Å². The van der Waals surface area contributed by atoms with Crippen molar-refractivity contribution in [3.05, 3.63) is 0 Å². The third-order valence-corrected chi connectivity index (χ3v) is 4.22. The van der Waals surface area contributed by atoms with Gasteiger partial charge in [-0.25, -0.2) is 9.52 Å². The summed E-state index contributed by atoms with van der Waals surface area (Å²) in [5, 5.41) is 0. The second-order valence-electron chi connectivity index (χ2n) is 3.82. The van der Waals surface area contributed by atoms with E-state index in [0.29, 0.717) is 12.8 Å². The number of amides is 1. The van der Waals surface area contributed by atoms with Gasteiger partial charge in [-0.05, 0) is 12.8 Å². The van der Waals surface area contributed by atoms with Crippen LogP contribution in [0.4, 0.5) is 4.79 Å². The number of hydrogen-bond donors (Lipinski definition) is 2. The number of ether oxygens (including phenoxy) is 1. The fraction of sp³-hybridized carbons (Fsp3) is 0.875. The predicted molar refractivity (Wildman–Crippen MR) is 59.5 cm³/mol. The van der Waals surface area contributed by atoms with Gasteiger partial charge in [-0.2, -0.15) is 13.1 Å². The Morgan fingerprint density at radius 2 is 2.00 bits per heavy atom. The van der Waals surface area contributed by atoms with Gasteiger partial charge in [0.25, 0.3) is 0 Å². The van der Waals surface area contributed by atoms with Crippen LogP contribution in [-0.2, 0) is 14.9 Å². The van der Waals surface area contributed by atoms with Gasteiger partial charge in [0.15, 0.2) is 0 Å². The molecule has 0 aromatic carbocycles. The van der Waals surface area contributed by atoms with Gasteiger partial charge in [0.2, 0.25) is 0 Å². The number of halogens is 1. The molecule has 0 spiro atoms. The summed E-state index contributed by atoms with van der Waals surface area (Å²) in [5.41, 5.74) is -0.637. The molecular weight excluding hydrogens is 256 g/mol. The lowest BCUT2D eigenvalue weighted by Gasteiger charge is -2.26. The molecular formula is C8H15ClN2O4S. The van der Waals surface area contributed by atoms with E-state index in [0.717, 1.165) is 20.0 Å². The molecule has 0 aliphatic heterocycles. The third-order valence-electron chi connectivity index (χ3n) is 2.57. The molecule has 0 radical (unpaired) electrons. The molecule has 0 atom stereocenters. The molecule has 1 amide bonds. The molecule has 94 valence electrons. The van der Waals surface area contributed by atoms with E-state index in [2.05, 4.69) is 9.46 Å². The molecule has 0 aromatic heterocycles. The maximum atomic E-state index is 11.5. The quantitative estimate of drug-likeness (QED) is 0.738. The van der Waals surface area contributed by atoms with Crippen molar-refractivity contribution < 1.29 is 17.9 Å². The second kappa shape index (κ2) is 5.20. The van der Waals surface area contributed by atoms with E-state index < -0.39 is 21.8 Å². The van der Waals surface area contributed by atoms with Crippen LogP contribution in [0.2, 0.25) is 0 Å². The Hall–Kier alpha value is -0.530. The molecule has 1 rings (SSSR count). The average molecular weight is 271 g/mol. The Kier molecular flexibility index (Phi) is 4.40. The molecule has 1 fully saturated rings. The van der Waals surface area contributed by atoms with Crippen molar-refractivity contribution in [2.45, 2.75) is 31.2 Å². The first-order valence-electron chi connectivity index (χ1n) is 4.89. The fourth-order valence-electron chi connectivity index (χ4n) is 1.78. The standard InChI is InChI=1S/C8H15ClN2O4S/c1-15-7(12)10-16(13,14)11-8(6-9)4-2-3-5-8/h11H,2-6H2,1H3,(H,10,12). The van der Waals surface area contributed by atoms with E-state index in [1.807, 2.05) is 0 Å². The van der Waals surface area contributed by atoms with Gasteiger partial charge in [0.05, 0.1) is 7.11 Å². The first kappa shape index (κ1) is 13.5. The van der Waals surface area contributed by atoms with Crippen molar-refractivity contribution in [2.75, 3.05) is 13.0 Å². The van der Waals surface area contributed by atoms with Gasteiger partial charge in [0.1, 0.15) is 0 Å². The van der Waals surface area contributed by atoms with Crippen molar-refractivity contribution in [1.29, 1.82) is 0 Å². The van der Waals surface area contributed by atoms with Gasteiger partial charge in [0, 0.05) is 11.4 Å². The Morgan fingerprint density at radius 3 is 2.44 bits per heavy atom. The number of nitrogens with one attached hydrogen (secondary N) is 2. The summed E-state index contributed by atoms with van der Waals surface area (Å²) in [4.78, 5) is 10.8. The molecule has 1 saturated carbocycles. The van der Waals surface area contributed by atoms with E-state index >= 15 is 0 Å². The van der Waals surface area contributed by atoms with Crippen LogP contribution in [0.1, 0.15) is 25.7 Å². The van der Waals surface area contributed by atoms with Crippen molar-refractivity contribution in [3.63, 3.8) is 0 Å². The van der Waals surface area contributed by atoms with Gasteiger partial charge in [-0.3, -0.25) is 0 Å². The molecule has 8 heteroatoms. The average Bonchev–Trinajstić information content (AvgIpc) is 2.65. The Balaban J connectivity index is 2.67. The Morgan fingerprint density at radius 1 is 1.44 bits per heavy atom. The topological polar surface area (TPSA) is 84.5 Å². The smallest absolute Gasteiger partial charge is 0.421 e. The first-order chi connectivity index (χ1) is 7.43. The highest BCUT2D eigenvalue weighted by molar-refractivity contribution is 7.88. The van der Waals surface area contributed by atoms with Crippen LogP contribution in [0.15, 0.2) is 0 Å². The zero-order valence-corrected chi connectivity index (χ0v) is 10.5. The molecule has 6 nitrogen and oxygen atoms in total. The number of methoxy groups -OCH3 is 1. The van der Waals surface area contributed by atoms with Crippen LogP contribution in [0.25, 0.3) is 0 Å². The molecule has 16 heavy (non-hydrogen) atoms. The number of alkyl halides is 1. The summed E-state index contributed by atoms with van der Waals surface area (Å²) in [5.74, 6) is 0.190. The van der Waals surface area contributed by atoms with Gasteiger partial charge < -0.3 is 4.74 Å². The molecule has 0 unspecified atom stereocenters. The minimum Gasteiger partial charge on any atom is -0.452 e. The molecule has 0 bridgehead atoms. The summed E-state index contributed by atoms with van der Waals surface area (Å²) in [6, 6.07) is 0. The molecule has 1 aliphatic rings. The van der Waals surface area contributed by atoms with Crippen LogP contribution in [-0.4, -0.2) is 33.0 Å². The van der Waals surface area contributed by atoms with Crippen LogP contribution in [0, 0.1) is 0 Å². The van der Waals surface area contributed by atoms with Crippen molar-refractivity contribution >= 4 is 27.9 Å². The van der Waals surface area contributed by atoms with E-state index in [-0.39, 0.29) is 5.88 Å². The molecule has 1 aliphatic carbocycles. The Bertz CT molecular complexity index is 351. The summed E-state index contributed by atoms with van der Waals surface area (Å²) in [6.45, 7) is 0. The monoisotopic (exact) mass is 270 g/mol. The SMILES string of the molecule is COC(=O)NS(=O)(=O)NC1(CCl)CCCC1. The van der Waals surface area contributed by atoms with E-state index in [1.54, 1.807) is 4.72 Å². The third kappa shape index (κ3) is 3.50. The van der Waals surface area contributed by atoms with Crippen LogP contribution in [0.5, 0.6) is 0 Å².